The van der Waals surface area contributed by atoms with Gasteiger partial charge in [0.1, 0.15) is 6.20 Å². The molecule has 2 heterocycles. The SMILES string of the molecule is CCn1c([N+](=O)[O-])cnc1CSc1cccc[n+]1[O-]. The summed E-state index contributed by atoms with van der Waals surface area (Å²) in [7, 11) is 0. The second kappa shape index (κ2) is 5.70. The average Bonchev–Trinajstić information content (AvgIpc) is 2.81. The minimum Gasteiger partial charge on any atom is -0.618 e. The van der Waals surface area contributed by atoms with Gasteiger partial charge in [0.2, 0.25) is 5.82 Å². The fourth-order valence-corrected chi connectivity index (χ4v) is 2.54. The summed E-state index contributed by atoms with van der Waals surface area (Å²) in [5.74, 6) is 0.970. The van der Waals surface area contributed by atoms with Crippen molar-refractivity contribution in [2.45, 2.75) is 24.2 Å². The number of hydrogen-bond acceptors (Lipinski definition) is 5. The molecule has 8 heteroatoms. The van der Waals surface area contributed by atoms with Crippen LogP contribution in [0.2, 0.25) is 0 Å². The van der Waals surface area contributed by atoms with Gasteiger partial charge in [-0.05, 0) is 29.7 Å². The Morgan fingerprint density at radius 2 is 2.32 bits per heavy atom. The monoisotopic (exact) mass is 280 g/mol. The molecule has 0 amide bonds. The Bertz CT molecular complexity index is 599. The zero-order chi connectivity index (χ0) is 13.8. The molecule has 100 valence electrons. The fraction of sp³-hybridized carbons (Fsp3) is 0.273. The lowest BCUT2D eigenvalue weighted by Crippen LogP contribution is -2.27. The lowest BCUT2D eigenvalue weighted by Gasteiger charge is -2.03. The van der Waals surface area contributed by atoms with Crippen LogP contribution in [0.15, 0.2) is 35.6 Å². The van der Waals surface area contributed by atoms with E-state index in [9.17, 15) is 15.3 Å². The van der Waals surface area contributed by atoms with Crippen LogP contribution in [0.25, 0.3) is 0 Å². The summed E-state index contributed by atoms with van der Waals surface area (Å²) in [5.41, 5.74) is 0. The minimum atomic E-state index is -0.457. The van der Waals surface area contributed by atoms with Crippen molar-refractivity contribution >= 4 is 17.6 Å². The Labute approximate surface area is 113 Å². The van der Waals surface area contributed by atoms with Crippen molar-refractivity contribution in [1.82, 2.24) is 9.55 Å². The van der Waals surface area contributed by atoms with Crippen molar-refractivity contribution in [3.05, 3.63) is 51.7 Å². The third-order valence-electron chi connectivity index (χ3n) is 2.56. The van der Waals surface area contributed by atoms with Crippen LogP contribution in [0.5, 0.6) is 0 Å². The summed E-state index contributed by atoms with van der Waals surface area (Å²) in [6, 6.07) is 5.12. The van der Waals surface area contributed by atoms with E-state index in [0.717, 1.165) is 4.73 Å². The van der Waals surface area contributed by atoms with Crippen LogP contribution in [0.4, 0.5) is 5.82 Å². The maximum Gasteiger partial charge on any atom is 0.342 e. The Balaban J connectivity index is 2.16. The Morgan fingerprint density at radius 1 is 1.53 bits per heavy atom. The zero-order valence-corrected chi connectivity index (χ0v) is 11.0. The molecule has 0 radical (unpaired) electrons. The van der Waals surface area contributed by atoms with Crippen LogP contribution >= 0.6 is 11.8 Å². The van der Waals surface area contributed by atoms with E-state index >= 15 is 0 Å². The van der Waals surface area contributed by atoms with Crippen molar-refractivity contribution in [2.24, 2.45) is 0 Å². The molecule has 0 aliphatic heterocycles. The highest BCUT2D eigenvalue weighted by molar-refractivity contribution is 7.98. The second-order valence-electron chi connectivity index (χ2n) is 3.69. The molecule has 0 saturated carbocycles. The number of nitro groups is 1. The van der Waals surface area contributed by atoms with Crippen molar-refractivity contribution in [1.29, 1.82) is 0 Å². The molecular formula is C11H12N4O3S. The van der Waals surface area contributed by atoms with Gasteiger partial charge in [-0.3, -0.25) is 0 Å². The van der Waals surface area contributed by atoms with Gasteiger partial charge >= 0.3 is 5.82 Å². The molecule has 0 saturated heterocycles. The molecule has 0 atom stereocenters. The lowest BCUT2D eigenvalue weighted by molar-refractivity contribution is -0.645. The maximum absolute atomic E-state index is 11.5. The van der Waals surface area contributed by atoms with Crippen LogP contribution in [-0.2, 0) is 12.3 Å². The predicted molar refractivity (Wildman–Crippen MR) is 69.5 cm³/mol. The minimum absolute atomic E-state index is 0.0267. The number of hydrogen-bond donors (Lipinski definition) is 0. The third-order valence-corrected chi connectivity index (χ3v) is 3.57. The third kappa shape index (κ3) is 2.84. The first-order valence-corrected chi connectivity index (χ1v) is 6.61. The molecule has 0 aromatic carbocycles. The van der Waals surface area contributed by atoms with E-state index < -0.39 is 4.92 Å². The normalized spacial score (nSPS) is 10.6. The average molecular weight is 280 g/mol. The van der Waals surface area contributed by atoms with Crippen molar-refractivity contribution in [3.8, 4) is 0 Å². The first kappa shape index (κ1) is 13.3. The number of aromatic nitrogens is 3. The van der Waals surface area contributed by atoms with E-state index in [-0.39, 0.29) is 5.82 Å². The lowest BCUT2D eigenvalue weighted by atomic mass is 10.5. The second-order valence-corrected chi connectivity index (χ2v) is 4.68. The highest BCUT2D eigenvalue weighted by Crippen LogP contribution is 2.22. The van der Waals surface area contributed by atoms with Crippen LogP contribution in [-0.4, -0.2) is 14.5 Å². The van der Waals surface area contributed by atoms with Gasteiger partial charge < -0.3 is 15.3 Å². The van der Waals surface area contributed by atoms with E-state index in [0.29, 0.717) is 23.1 Å². The Kier molecular flexibility index (Phi) is 4.00. The van der Waals surface area contributed by atoms with Crippen molar-refractivity contribution in [2.75, 3.05) is 0 Å². The highest BCUT2D eigenvalue weighted by Gasteiger charge is 2.19. The van der Waals surface area contributed by atoms with Crippen molar-refractivity contribution in [3.63, 3.8) is 0 Å². The summed E-state index contributed by atoms with van der Waals surface area (Å²) in [6.45, 7) is 2.29. The van der Waals surface area contributed by atoms with Gasteiger partial charge in [0.05, 0.1) is 12.3 Å². The molecule has 0 aliphatic carbocycles. The van der Waals surface area contributed by atoms with Crippen LogP contribution in [0, 0.1) is 15.3 Å². The van der Waals surface area contributed by atoms with Gasteiger partial charge in [-0.25, -0.2) is 9.55 Å². The molecule has 19 heavy (non-hydrogen) atoms. The zero-order valence-electron chi connectivity index (χ0n) is 10.2. The van der Waals surface area contributed by atoms with Crippen LogP contribution < -0.4 is 4.73 Å². The quantitative estimate of drug-likeness (QED) is 0.274. The predicted octanol–water partition coefficient (Wildman–Crippen LogP) is 1.74. The number of pyridine rings is 1. The van der Waals surface area contributed by atoms with Gasteiger partial charge in [0.25, 0.3) is 5.03 Å². The number of nitrogens with zero attached hydrogens (tertiary/aromatic N) is 4. The molecule has 0 unspecified atom stereocenters. The van der Waals surface area contributed by atoms with E-state index in [1.165, 1.54) is 28.7 Å². The molecule has 2 rings (SSSR count). The molecule has 0 fully saturated rings. The van der Waals surface area contributed by atoms with Gasteiger partial charge in [-0.1, -0.05) is 0 Å². The highest BCUT2D eigenvalue weighted by atomic mass is 32.2. The van der Waals surface area contributed by atoms with E-state index in [4.69, 9.17) is 0 Å². The topological polar surface area (TPSA) is 87.9 Å². The Morgan fingerprint density at radius 3 is 2.95 bits per heavy atom. The van der Waals surface area contributed by atoms with Crippen LogP contribution in [0.1, 0.15) is 12.7 Å². The van der Waals surface area contributed by atoms with Gasteiger partial charge in [-0.15, -0.1) is 0 Å². The van der Waals surface area contributed by atoms with Gasteiger partial charge in [0, 0.05) is 12.1 Å². The summed E-state index contributed by atoms with van der Waals surface area (Å²) in [5, 5.41) is 22.8. The molecule has 0 N–H and O–H groups in total. The molecule has 0 bridgehead atoms. The fourth-order valence-electron chi connectivity index (χ4n) is 1.67. The smallest absolute Gasteiger partial charge is 0.342 e. The summed E-state index contributed by atoms with van der Waals surface area (Å²) in [6.07, 6.45) is 2.66. The van der Waals surface area contributed by atoms with Gasteiger partial charge in [0.15, 0.2) is 6.20 Å². The molecule has 2 aromatic heterocycles. The van der Waals surface area contributed by atoms with E-state index in [2.05, 4.69) is 4.98 Å². The standard InChI is InChI=1S/C11H12N4O3S/c1-2-13-9(12-7-10(13)15(17)18)8-19-11-5-3-4-6-14(11)16/h3-7H,2,8H2,1H3. The summed E-state index contributed by atoms with van der Waals surface area (Å²) < 4.78 is 2.30. The molecular weight excluding hydrogens is 268 g/mol. The largest absolute Gasteiger partial charge is 0.618 e. The summed E-state index contributed by atoms with van der Waals surface area (Å²) >= 11 is 1.30. The van der Waals surface area contributed by atoms with Crippen molar-refractivity contribution < 1.29 is 9.65 Å². The molecule has 0 aliphatic rings. The molecule has 7 nitrogen and oxygen atoms in total. The number of thioether (sulfide) groups is 1. The maximum atomic E-state index is 11.5. The first-order valence-electron chi connectivity index (χ1n) is 5.63. The number of imidazole rings is 1. The van der Waals surface area contributed by atoms with E-state index in [1.807, 2.05) is 6.92 Å². The Hall–Kier alpha value is -2.09. The molecule has 2 aromatic rings. The number of rotatable bonds is 5. The van der Waals surface area contributed by atoms with Gasteiger partial charge in [-0.2, -0.15) is 4.73 Å². The molecule has 0 spiro atoms. The first-order chi connectivity index (χ1) is 9.13. The van der Waals surface area contributed by atoms with Crippen LogP contribution in [0.3, 0.4) is 0 Å². The summed E-state index contributed by atoms with van der Waals surface area (Å²) in [4.78, 5) is 14.4. The van der Waals surface area contributed by atoms with E-state index in [1.54, 1.807) is 18.2 Å².